The van der Waals surface area contributed by atoms with Crippen molar-refractivity contribution in [3.05, 3.63) is 64.7 Å². The molecule has 0 radical (unpaired) electrons. The number of hydrogen-bond acceptors (Lipinski definition) is 3. The molecule has 0 unspecified atom stereocenters. The topological polar surface area (TPSA) is 57.7 Å². The minimum Gasteiger partial charge on any atom is -0.324 e. The predicted octanol–water partition coefficient (Wildman–Crippen LogP) is 4.02. The molecule has 0 atom stereocenters. The number of sulfonamides is 1. The lowest BCUT2D eigenvalue weighted by molar-refractivity contribution is 0.187. The van der Waals surface area contributed by atoms with Crippen molar-refractivity contribution in [2.75, 3.05) is 13.1 Å². The minimum atomic E-state index is -3.94. The van der Waals surface area contributed by atoms with Gasteiger partial charge < -0.3 is 4.90 Å². The molecule has 27 heavy (non-hydrogen) atoms. The van der Waals surface area contributed by atoms with Crippen LogP contribution in [0.15, 0.2) is 47.4 Å². The lowest BCUT2D eigenvalue weighted by atomic mass is 10.1. The standard InChI is InChI=1S/C21H26N2O3S/c1-16-7-10-20(11-8-16)27(25,26)23(21(24)22-12-4-5-13-22)15-19-14-17(2)6-9-18(19)3/h6-11,14H,4-5,12-13,15H2,1-3H3. The van der Waals surface area contributed by atoms with Gasteiger partial charge in [-0.15, -0.1) is 0 Å². The quantitative estimate of drug-likeness (QED) is 0.797. The van der Waals surface area contributed by atoms with E-state index >= 15 is 0 Å². The third-order valence-electron chi connectivity index (χ3n) is 5.02. The highest BCUT2D eigenvalue weighted by molar-refractivity contribution is 7.89. The number of carbonyl (C=O) groups is 1. The van der Waals surface area contributed by atoms with Gasteiger partial charge in [0.25, 0.3) is 10.0 Å². The van der Waals surface area contributed by atoms with Crippen LogP contribution in [0.5, 0.6) is 0 Å². The molecule has 1 saturated heterocycles. The highest BCUT2D eigenvalue weighted by Gasteiger charge is 2.34. The molecule has 144 valence electrons. The summed E-state index contributed by atoms with van der Waals surface area (Å²) in [5.74, 6) is 0. The number of nitrogens with zero attached hydrogens (tertiary/aromatic N) is 2. The van der Waals surface area contributed by atoms with Gasteiger partial charge in [0, 0.05) is 13.1 Å². The molecule has 0 saturated carbocycles. The Morgan fingerprint density at radius 3 is 2.19 bits per heavy atom. The molecule has 0 bridgehead atoms. The van der Waals surface area contributed by atoms with Gasteiger partial charge in [0.1, 0.15) is 0 Å². The van der Waals surface area contributed by atoms with Crippen LogP contribution in [0.4, 0.5) is 4.79 Å². The SMILES string of the molecule is Cc1ccc(S(=O)(=O)N(Cc2cc(C)ccc2C)C(=O)N2CCCC2)cc1. The van der Waals surface area contributed by atoms with Crippen LogP contribution >= 0.6 is 0 Å². The molecule has 5 nitrogen and oxygen atoms in total. The highest BCUT2D eigenvalue weighted by Crippen LogP contribution is 2.24. The minimum absolute atomic E-state index is 0.0407. The molecule has 1 aliphatic rings. The van der Waals surface area contributed by atoms with Crippen molar-refractivity contribution >= 4 is 16.1 Å². The van der Waals surface area contributed by atoms with E-state index in [-0.39, 0.29) is 11.4 Å². The second kappa shape index (κ2) is 7.72. The van der Waals surface area contributed by atoms with E-state index in [0.29, 0.717) is 13.1 Å². The summed E-state index contributed by atoms with van der Waals surface area (Å²) in [6, 6.07) is 12.1. The molecule has 0 aliphatic carbocycles. The Morgan fingerprint density at radius 2 is 1.56 bits per heavy atom. The van der Waals surface area contributed by atoms with Gasteiger partial charge in [-0.2, -0.15) is 0 Å². The smallest absolute Gasteiger partial charge is 0.324 e. The molecule has 2 aromatic carbocycles. The zero-order valence-corrected chi connectivity index (χ0v) is 16.9. The fraction of sp³-hybridized carbons (Fsp3) is 0.381. The molecular formula is C21H26N2O3S. The van der Waals surface area contributed by atoms with Gasteiger partial charge in [0.05, 0.1) is 11.4 Å². The van der Waals surface area contributed by atoms with Crippen molar-refractivity contribution in [1.29, 1.82) is 0 Å². The summed E-state index contributed by atoms with van der Waals surface area (Å²) >= 11 is 0. The Bertz CT molecular complexity index is 930. The second-order valence-electron chi connectivity index (χ2n) is 7.23. The van der Waals surface area contributed by atoms with Gasteiger partial charge in [0.15, 0.2) is 0 Å². The van der Waals surface area contributed by atoms with E-state index in [2.05, 4.69) is 0 Å². The highest BCUT2D eigenvalue weighted by atomic mass is 32.2. The van der Waals surface area contributed by atoms with Gasteiger partial charge in [0.2, 0.25) is 0 Å². The molecule has 1 fully saturated rings. The number of likely N-dealkylation sites (tertiary alicyclic amines) is 1. The maximum Gasteiger partial charge on any atom is 0.334 e. The van der Waals surface area contributed by atoms with E-state index in [4.69, 9.17) is 0 Å². The number of aryl methyl sites for hydroxylation is 3. The molecule has 0 spiro atoms. The summed E-state index contributed by atoms with van der Waals surface area (Å²) in [6.07, 6.45) is 1.82. The number of rotatable bonds is 4. The molecule has 0 N–H and O–H groups in total. The first-order chi connectivity index (χ1) is 12.8. The first-order valence-electron chi connectivity index (χ1n) is 9.23. The Morgan fingerprint density at radius 1 is 0.963 bits per heavy atom. The van der Waals surface area contributed by atoms with Crippen molar-refractivity contribution in [2.45, 2.75) is 45.1 Å². The van der Waals surface area contributed by atoms with Crippen molar-refractivity contribution in [2.24, 2.45) is 0 Å². The average Bonchev–Trinajstić information content (AvgIpc) is 3.17. The number of hydrogen-bond donors (Lipinski definition) is 0. The number of benzene rings is 2. The van der Waals surface area contributed by atoms with Crippen LogP contribution in [0, 0.1) is 20.8 Å². The van der Waals surface area contributed by atoms with Gasteiger partial charge in [-0.3, -0.25) is 0 Å². The Labute approximate surface area is 161 Å². The first kappa shape index (κ1) is 19.4. The summed E-state index contributed by atoms with van der Waals surface area (Å²) in [5, 5.41) is 0. The number of carbonyl (C=O) groups excluding carboxylic acids is 1. The maximum absolute atomic E-state index is 13.3. The summed E-state index contributed by atoms with van der Waals surface area (Å²) in [5.41, 5.74) is 3.83. The van der Waals surface area contributed by atoms with Crippen LogP contribution in [-0.4, -0.2) is 36.7 Å². The van der Waals surface area contributed by atoms with Crippen molar-refractivity contribution in [3.8, 4) is 0 Å². The molecule has 1 heterocycles. The van der Waals surface area contributed by atoms with Crippen LogP contribution in [-0.2, 0) is 16.6 Å². The molecule has 0 aromatic heterocycles. The molecule has 3 rings (SSSR count). The third kappa shape index (κ3) is 4.16. The average molecular weight is 387 g/mol. The largest absolute Gasteiger partial charge is 0.334 e. The third-order valence-corrected chi connectivity index (χ3v) is 6.75. The van der Waals surface area contributed by atoms with E-state index in [1.807, 2.05) is 39.0 Å². The Kier molecular flexibility index (Phi) is 5.56. The molecule has 2 amide bonds. The summed E-state index contributed by atoms with van der Waals surface area (Å²) < 4.78 is 27.7. The van der Waals surface area contributed by atoms with Crippen LogP contribution in [0.3, 0.4) is 0 Å². The summed E-state index contributed by atoms with van der Waals surface area (Å²) in [7, 11) is -3.94. The zero-order chi connectivity index (χ0) is 19.6. The monoisotopic (exact) mass is 386 g/mol. The second-order valence-corrected chi connectivity index (χ2v) is 9.09. The Hall–Kier alpha value is -2.34. The molecular weight excluding hydrogens is 360 g/mol. The van der Waals surface area contributed by atoms with Gasteiger partial charge >= 0.3 is 6.03 Å². The van der Waals surface area contributed by atoms with Crippen molar-refractivity contribution in [3.63, 3.8) is 0 Å². The van der Waals surface area contributed by atoms with Crippen LogP contribution < -0.4 is 0 Å². The Balaban J connectivity index is 2.02. The van der Waals surface area contributed by atoms with E-state index in [0.717, 1.165) is 39.4 Å². The van der Waals surface area contributed by atoms with Crippen LogP contribution in [0.25, 0.3) is 0 Å². The molecule has 1 aliphatic heterocycles. The normalized spacial score (nSPS) is 14.4. The summed E-state index contributed by atoms with van der Waals surface area (Å²) in [6.45, 7) is 7.05. The first-order valence-corrected chi connectivity index (χ1v) is 10.7. The predicted molar refractivity (Wildman–Crippen MR) is 106 cm³/mol. The van der Waals surface area contributed by atoms with Crippen LogP contribution in [0.1, 0.15) is 35.1 Å². The van der Waals surface area contributed by atoms with E-state index in [9.17, 15) is 13.2 Å². The maximum atomic E-state index is 13.3. The lowest BCUT2D eigenvalue weighted by Crippen LogP contribution is -2.44. The molecule has 2 aromatic rings. The summed E-state index contributed by atoms with van der Waals surface area (Å²) in [4.78, 5) is 14.9. The van der Waals surface area contributed by atoms with Gasteiger partial charge in [-0.1, -0.05) is 41.5 Å². The zero-order valence-electron chi connectivity index (χ0n) is 16.1. The number of urea groups is 1. The fourth-order valence-electron chi connectivity index (χ4n) is 3.28. The van der Waals surface area contributed by atoms with Gasteiger partial charge in [-0.25, -0.2) is 17.5 Å². The van der Waals surface area contributed by atoms with E-state index in [1.54, 1.807) is 29.2 Å². The fourth-order valence-corrected chi connectivity index (χ4v) is 4.65. The van der Waals surface area contributed by atoms with Crippen LogP contribution in [0.2, 0.25) is 0 Å². The van der Waals surface area contributed by atoms with E-state index in [1.165, 1.54) is 0 Å². The van der Waals surface area contributed by atoms with Gasteiger partial charge in [-0.05, 0) is 56.9 Å². The number of amides is 2. The van der Waals surface area contributed by atoms with Crippen molar-refractivity contribution in [1.82, 2.24) is 9.21 Å². The van der Waals surface area contributed by atoms with Crippen molar-refractivity contribution < 1.29 is 13.2 Å². The lowest BCUT2D eigenvalue weighted by Gasteiger charge is -2.28. The molecule has 6 heteroatoms. The van der Waals surface area contributed by atoms with E-state index < -0.39 is 16.1 Å².